The normalized spacial score (nSPS) is 10.2. The number of ether oxygens (including phenoxy) is 1. The lowest BCUT2D eigenvalue weighted by Crippen LogP contribution is -2.02. The van der Waals surface area contributed by atoms with Crippen LogP contribution in [0.15, 0.2) is 48.5 Å². The van der Waals surface area contributed by atoms with Gasteiger partial charge < -0.3 is 10.5 Å². The number of nitrogens with two attached hydrogens (primary N) is 1. The predicted octanol–water partition coefficient (Wildman–Crippen LogP) is 3.03. The van der Waals surface area contributed by atoms with E-state index in [4.69, 9.17) is 10.5 Å². The molecule has 17 heavy (non-hydrogen) atoms. The van der Waals surface area contributed by atoms with Crippen molar-refractivity contribution >= 4 is 0 Å². The molecule has 0 aliphatic carbocycles. The van der Waals surface area contributed by atoms with Crippen LogP contribution < -0.4 is 10.5 Å². The van der Waals surface area contributed by atoms with Gasteiger partial charge in [0.15, 0.2) is 0 Å². The lowest BCUT2D eigenvalue weighted by molar-refractivity contribution is 0.303. The van der Waals surface area contributed by atoms with Gasteiger partial charge in [0.2, 0.25) is 0 Å². The Balaban J connectivity index is 2.04. The monoisotopic (exact) mass is 227 g/mol. The standard InChI is InChI=1S/C15H17NO/c1-12-6-8-13(9-7-12)11-17-15-5-3-2-4-14(15)10-16/h2-9H,10-11,16H2,1H3. The summed E-state index contributed by atoms with van der Waals surface area (Å²) in [7, 11) is 0. The Morgan fingerprint density at radius 1 is 1.00 bits per heavy atom. The number of benzene rings is 2. The SMILES string of the molecule is Cc1ccc(COc2ccccc2CN)cc1. The molecule has 0 spiro atoms. The lowest BCUT2D eigenvalue weighted by atomic mass is 10.1. The highest BCUT2D eigenvalue weighted by atomic mass is 16.5. The summed E-state index contributed by atoms with van der Waals surface area (Å²) in [6.45, 7) is 3.16. The van der Waals surface area contributed by atoms with Gasteiger partial charge in [0.1, 0.15) is 12.4 Å². The Morgan fingerprint density at radius 3 is 2.41 bits per heavy atom. The highest BCUT2D eigenvalue weighted by molar-refractivity contribution is 5.33. The molecule has 2 rings (SSSR count). The van der Waals surface area contributed by atoms with Crippen molar-refractivity contribution < 1.29 is 4.74 Å². The fraction of sp³-hybridized carbons (Fsp3) is 0.200. The third kappa shape index (κ3) is 3.08. The molecule has 2 aromatic rings. The van der Waals surface area contributed by atoms with Crippen molar-refractivity contribution in [1.29, 1.82) is 0 Å². The summed E-state index contributed by atoms with van der Waals surface area (Å²) >= 11 is 0. The summed E-state index contributed by atoms with van der Waals surface area (Å²) in [5, 5.41) is 0. The molecule has 0 fully saturated rings. The van der Waals surface area contributed by atoms with Gasteiger partial charge >= 0.3 is 0 Å². The molecule has 0 atom stereocenters. The van der Waals surface area contributed by atoms with Gasteiger partial charge in [-0.3, -0.25) is 0 Å². The fourth-order valence-corrected chi connectivity index (χ4v) is 1.66. The van der Waals surface area contributed by atoms with Crippen molar-refractivity contribution in [3.63, 3.8) is 0 Å². The number of para-hydroxylation sites is 1. The molecular weight excluding hydrogens is 210 g/mol. The van der Waals surface area contributed by atoms with Crippen LogP contribution in [0, 0.1) is 6.92 Å². The average molecular weight is 227 g/mol. The third-order valence-corrected chi connectivity index (χ3v) is 2.71. The zero-order valence-electron chi connectivity index (χ0n) is 10.0. The molecule has 0 aliphatic rings. The first kappa shape index (κ1) is 11.7. The molecule has 0 saturated heterocycles. The van der Waals surface area contributed by atoms with E-state index in [1.165, 1.54) is 11.1 Å². The van der Waals surface area contributed by atoms with Crippen molar-refractivity contribution in [1.82, 2.24) is 0 Å². The molecule has 0 radical (unpaired) electrons. The summed E-state index contributed by atoms with van der Waals surface area (Å²) in [6, 6.07) is 16.2. The maximum atomic E-state index is 5.77. The molecule has 2 heteroatoms. The third-order valence-electron chi connectivity index (χ3n) is 2.71. The van der Waals surface area contributed by atoms with Gasteiger partial charge in [-0.2, -0.15) is 0 Å². The molecule has 2 N–H and O–H groups in total. The molecular formula is C15H17NO. The van der Waals surface area contributed by atoms with E-state index in [0.717, 1.165) is 11.3 Å². The highest BCUT2D eigenvalue weighted by Crippen LogP contribution is 2.18. The largest absolute Gasteiger partial charge is 0.489 e. The van der Waals surface area contributed by atoms with E-state index in [0.29, 0.717) is 13.2 Å². The summed E-state index contributed by atoms with van der Waals surface area (Å²) in [4.78, 5) is 0. The van der Waals surface area contributed by atoms with Gasteiger partial charge in [0, 0.05) is 12.1 Å². The van der Waals surface area contributed by atoms with E-state index in [1.807, 2.05) is 24.3 Å². The van der Waals surface area contributed by atoms with Crippen LogP contribution in [0.4, 0.5) is 0 Å². The van der Waals surface area contributed by atoms with E-state index in [1.54, 1.807) is 0 Å². The summed E-state index contributed by atoms with van der Waals surface area (Å²) < 4.78 is 5.77. The predicted molar refractivity (Wildman–Crippen MR) is 69.8 cm³/mol. The molecule has 0 heterocycles. The van der Waals surface area contributed by atoms with Crippen LogP contribution in [-0.2, 0) is 13.2 Å². The smallest absolute Gasteiger partial charge is 0.124 e. The second-order valence-corrected chi connectivity index (χ2v) is 4.09. The molecule has 0 saturated carbocycles. The van der Waals surface area contributed by atoms with Crippen molar-refractivity contribution in [2.75, 3.05) is 0 Å². The minimum absolute atomic E-state index is 0.504. The average Bonchev–Trinajstić information content (AvgIpc) is 2.38. The zero-order chi connectivity index (χ0) is 12.1. The topological polar surface area (TPSA) is 35.2 Å². The summed E-state index contributed by atoms with van der Waals surface area (Å²) in [5.41, 5.74) is 9.13. The molecule has 2 aromatic carbocycles. The van der Waals surface area contributed by atoms with Crippen LogP contribution in [0.3, 0.4) is 0 Å². The quantitative estimate of drug-likeness (QED) is 0.871. The Bertz CT molecular complexity index is 477. The van der Waals surface area contributed by atoms with Crippen LogP contribution in [0.25, 0.3) is 0 Å². The van der Waals surface area contributed by atoms with Crippen LogP contribution in [0.2, 0.25) is 0 Å². The van der Waals surface area contributed by atoms with Crippen molar-refractivity contribution in [3.8, 4) is 5.75 Å². The molecule has 88 valence electrons. The number of aryl methyl sites for hydroxylation is 1. The van der Waals surface area contributed by atoms with Crippen LogP contribution in [0.1, 0.15) is 16.7 Å². The Labute approximate surface area is 102 Å². The molecule has 2 nitrogen and oxygen atoms in total. The van der Waals surface area contributed by atoms with Crippen LogP contribution >= 0.6 is 0 Å². The number of rotatable bonds is 4. The van der Waals surface area contributed by atoms with Crippen molar-refractivity contribution in [3.05, 3.63) is 65.2 Å². The number of hydrogen-bond acceptors (Lipinski definition) is 2. The second kappa shape index (κ2) is 5.51. The molecule has 0 amide bonds. The first-order valence-electron chi connectivity index (χ1n) is 5.76. The molecule has 0 aliphatic heterocycles. The minimum atomic E-state index is 0.504. The van der Waals surface area contributed by atoms with E-state index in [-0.39, 0.29) is 0 Å². The van der Waals surface area contributed by atoms with Gasteiger partial charge in [0.05, 0.1) is 0 Å². The zero-order valence-corrected chi connectivity index (χ0v) is 10.0. The Kier molecular flexibility index (Phi) is 3.78. The van der Waals surface area contributed by atoms with Gasteiger partial charge in [-0.05, 0) is 18.6 Å². The van der Waals surface area contributed by atoms with Crippen LogP contribution in [-0.4, -0.2) is 0 Å². The van der Waals surface area contributed by atoms with Crippen molar-refractivity contribution in [2.45, 2.75) is 20.1 Å². The summed E-state index contributed by atoms with van der Waals surface area (Å²) in [6.07, 6.45) is 0. The Hall–Kier alpha value is -1.80. The van der Waals surface area contributed by atoms with E-state index < -0.39 is 0 Å². The van der Waals surface area contributed by atoms with Crippen LogP contribution in [0.5, 0.6) is 5.75 Å². The highest BCUT2D eigenvalue weighted by Gasteiger charge is 2.01. The first-order valence-corrected chi connectivity index (χ1v) is 5.76. The Morgan fingerprint density at radius 2 is 1.71 bits per heavy atom. The van der Waals surface area contributed by atoms with E-state index in [9.17, 15) is 0 Å². The van der Waals surface area contributed by atoms with E-state index in [2.05, 4.69) is 31.2 Å². The van der Waals surface area contributed by atoms with Gasteiger partial charge in [-0.1, -0.05) is 48.0 Å². The van der Waals surface area contributed by atoms with Gasteiger partial charge in [-0.15, -0.1) is 0 Å². The van der Waals surface area contributed by atoms with Gasteiger partial charge in [-0.25, -0.2) is 0 Å². The maximum absolute atomic E-state index is 5.77. The summed E-state index contributed by atoms with van der Waals surface area (Å²) in [5.74, 6) is 0.871. The molecule has 0 bridgehead atoms. The second-order valence-electron chi connectivity index (χ2n) is 4.09. The first-order chi connectivity index (χ1) is 8.29. The minimum Gasteiger partial charge on any atom is -0.489 e. The molecule has 0 unspecified atom stereocenters. The lowest BCUT2D eigenvalue weighted by Gasteiger charge is -2.10. The number of hydrogen-bond donors (Lipinski definition) is 1. The maximum Gasteiger partial charge on any atom is 0.124 e. The fourth-order valence-electron chi connectivity index (χ4n) is 1.66. The van der Waals surface area contributed by atoms with E-state index >= 15 is 0 Å². The van der Waals surface area contributed by atoms with Gasteiger partial charge in [0.25, 0.3) is 0 Å². The van der Waals surface area contributed by atoms with Crippen molar-refractivity contribution in [2.24, 2.45) is 5.73 Å². The molecule has 0 aromatic heterocycles.